The minimum atomic E-state index is 0.0572. The molecule has 19 heavy (non-hydrogen) atoms. The van der Waals surface area contributed by atoms with Gasteiger partial charge in [-0.3, -0.25) is 0 Å². The second-order valence-electron chi connectivity index (χ2n) is 3.95. The maximum absolute atomic E-state index is 5.26. The Balaban J connectivity index is 1.75. The summed E-state index contributed by atoms with van der Waals surface area (Å²) >= 11 is 3.23. The molecule has 1 atom stereocenters. The number of thiazole rings is 1. The molecule has 0 amide bonds. The lowest BCUT2D eigenvalue weighted by Gasteiger charge is -2.01. The third kappa shape index (κ3) is 2.71. The Bertz CT molecular complexity index is 660. The van der Waals surface area contributed by atoms with Gasteiger partial charge in [-0.25, -0.2) is 4.98 Å². The third-order valence-electron chi connectivity index (χ3n) is 2.41. The molecule has 0 spiro atoms. The van der Waals surface area contributed by atoms with E-state index in [-0.39, 0.29) is 5.25 Å². The van der Waals surface area contributed by atoms with Crippen LogP contribution in [-0.2, 0) is 0 Å². The van der Waals surface area contributed by atoms with E-state index in [2.05, 4.69) is 15.1 Å². The number of hydrogen-bond acceptors (Lipinski definition) is 7. The van der Waals surface area contributed by atoms with Gasteiger partial charge in [0.2, 0.25) is 11.7 Å². The van der Waals surface area contributed by atoms with Gasteiger partial charge in [-0.2, -0.15) is 4.98 Å². The second kappa shape index (κ2) is 5.18. The van der Waals surface area contributed by atoms with Crippen LogP contribution in [0.15, 0.2) is 37.1 Å². The van der Waals surface area contributed by atoms with Crippen molar-refractivity contribution in [1.29, 1.82) is 0 Å². The van der Waals surface area contributed by atoms with E-state index >= 15 is 0 Å². The molecule has 0 bridgehead atoms. The molecule has 0 saturated carbocycles. The van der Waals surface area contributed by atoms with Crippen molar-refractivity contribution >= 4 is 23.1 Å². The number of thioether (sulfide) groups is 1. The minimum Gasteiger partial charge on any atom is -0.461 e. The van der Waals surface area contributed by atoms with E-state index in [0.29, 0.717) is 17.5 Å². The fourth-order valence-corrected chi connectivity index (χ4v) is 3.51. The minimum absolute atomic E-state index is 0.0572. The maximum atomic E-state index is 5.26. The predicted molar refractivity (Wildman–Crippen MR) is 73.1 cm³/mol. The first-order valence-electron chi connectivity index (χ1n) is 5.68. The maximum Gasteiger partial charge on any atom is 0.240 e. The molecule has 0 unspecified atom stereocenters. The van der Waals surface area contributed by atoms with Crippen molar-refractivity contribution < 1.29 is 8.94 Å². The number of aromatic nitrogens is 3. The van der Waals surface area contributed by atoms with Crippen LogP contribution in [0.4, 0.5) is 0 Å². The fourth-order valence-electron chi connectivity index (χ4n) is 1.49. The quantitative estimate of drug-likeness (QED) is 0.679. The molecule has 98 valence electrons. The van der Waals surface area contributed by atoms with E-state index in [1.165, 1.54) is 0 Å². The molecular weight excluding hydrogens is 282 g/mol. The summed E-state index contributed by atoms with van der Waals surface area (Å²) in [6.07, 6.45) is 1.59. The van der Waals surface area contributed by atoms with Crippen LogP contribution >= 0.6 is 23.1 Å². The zero-order chi connectivity index (χ0) is 13.2. The van der Waals surface area contributed by atoms with Crippen LogP contribution in [0.3, 0.4) is 0 Å². The molecule has 0 aromatic carbocycles. The third-order valence-corrected chi connectivity index (χ3v) is 4.58. The van der Waals surface area contributed by atoms with Gasteiger partial charge < -0.3 is 8.94 Å². The number of rotatable bonds is 4. The summed E-state index contributed by atoms with van der Waals surface area (Å²) in [6, 6.07) is 3.60. The summed E-state index contributed by atoms with van der Waals surface area (Å²) in [6.45, 7) is 3.99. The monoisotopic (exact) mass is 293 g/mol. The lowest BCUT2D eigenvalue weighted by atomic mass is 10.4. The second-order valence-corrected chi connectivity index (χ2v) is 6.39. The predicted octanol–water partition coefficient (Wildman–Crippen LogP) is 3.95. The summed E-state index contributed by atoms with van der Waals surface area (Å²) in [5.74, 6) is 1.66. The van der Waals surface area contributed by atoms with Crippen molar-refractivity contribution in [3.05, 3.63) is 35.4 Å². The Morgan fingerprint density at radius 3 is 2.95 bits per heavy atom. The van der Waals surface area contributed by atoms with Crippen LogP contribution in [0.2, 0.25) is 0 Å². The Morgan fingerprint density at radius 2 is 2.26 bits per heavy atom. The van der Waals surface area contributed by atoms with Crippen LogP contribution in [0.1, 0.15) is 23.8 Å². The van der Waals surface area contributed by atoms with Gasteiger partial charge in [-0.05, 0) is 26.0 Å². The van der Waals surface area contributed by atoms with Gasteiger partial charge in [-0.1, -0.05) is 16.9 Å². The molecule has 0 saturated heterocycles. The number of nitrogens with zero attached hydrogens (tertiary/aromatic N) is 3. The van der Waals surface area contributed by atoms with E-state index in [1.54, 1.807) is 41.5 Å². The van der Waals surface area contributed by atoms with E-state index < -0.39 is 0 Å². The van der Waals surface area contributed by atoms with Crippen LogP contribution in [-0.4, -0.2) is 15.1 Å². The summed E-state index contributed by atoms with van der Waals surface area (Å²) in [5, 5.41) is 6.00. The zero-order valence-corrected chi connectivity index (χ0v) is 12.0. The average molecular weight is 293 g/mol. The molecule has 3 aromatic heterocycles. The Labute approximate surface area is 118 Å². The fraction of sp³-hybridized carbons (Fsp3) is 0.250. The van der Waals surface area contributed by atoms with Gasteiger partial charge in [0.1, 0.15) is 0 Å². The number of furan rings is 1. The van der Waals surface area contributed by atoms with Gasteiger partial charge in [0.05, 0.1) is 11.5 Å². The highest BCUT2D eigenvalue weighted by Gasteiger charge is 2.18. The Hall–Kier alpha value is -1.60. The molecule has 7 heteroatoms. The number of aryl methyl sites for hydroxylation is 1. The number of hydrogen-bond donors (Lipinski definition) is 0. The van der Waals surface area contributed by atoms with Crippen molar-refractivity contribution in [3.63, 3.8) is 0 Å². The molecular formula is C12H11N3O2S2. The molecule has 0 fully saturated rings. The average Bonchev–Trinajstić information content (AvgIpc) is 3.08. The highest BCUT2D eigenvalue weighted by atomic mass is 32.2. The lowest BCUT2D eigenvalue weighted by molar-refractivity contribution is 0.379. The molecule has 3 aromatic rings. The molecule has 0 N–H and O–H groups in total. The van der Waals surface area contributed by atoms with Crippen molar-refractivity contribution in [2.75, 3.05) is 0 Å². The van der Waals surface area contributed by atoms with E-state index in [1.807, 2.05) is 19.2 Å². The lowest BCUT2D eigenvalue weighted by Crippen LogP contribution is -1.88. The van der Waals surface area contributed by atoms with Gasteiger partial charge in [0.15, 0.2) is 10.1 Å². The molecule has 0 aliphatic rings. The standard InChI is InChI=1S/C12H11N3O2S2/c1-7-6-18-12(13-7)19-8(2)11-14-10(15-17-11)9-4-3-5-16-9/h3-6,8H,1-2H3/t8-/m0/s1. The topological polar surface area (TPSA) is 65.0 Å². The summed E-state index contributed by atoms with van der Waals surface area (Å²) in [7, 11) is 0. The van der Waals surface area contributed by atoms with Crippen molar-refractivity contribution in [2.45, 2.75) is 23.4 Å². The van der Waals surface area contributed by atoms with E-state index in [0.717, 1.165) is 10.0 Å². The first-order valence-corrected chi connectivity index (χ1v) is 7.44. The van der Waals surface area contributed by atoms with Crippen molar-refractivity contribution in [2.24, 2.45) is 0 Å². The zero-order valence-electron chi connectivity index (χ0n) is 10.4. The van der Waals surface area contributed by atoms with Crippen LogP contribution < -0.4 is 0 Å². The molecule has 3 rings (SSSR count). The van der Waals surface area contributed by atoms with Crippen LogP contribution in [0.5, 0.6) is 0 Å². The highest BCUT2D eigenvalue weighted by molar-refractivity contribution is 8.01. The smallest absolute Gasteiger partial charge is 0.240 e. The normalized spacial score (nSPS) is 12.7. The molecule has 5 nitrogen and oxygen atoms in total. The van der Waals surface area contributed by atoms with Gasteiger partial charge in [-0.15, -0.1) is 11.3 Å². The molecule has 0 aliphatic carbocycles. The molecule has 3 heterocycles. The molecule has 0 radical (unpaired) electrons. The van der Waals surface area contributed by atoms with Crippen molar-refractivity contribution in [1.82, 2.24) is 15.1 Å². The van der Waals surface area contributed by atoms with Crippen LogP contribution in [0, 0.1) is 6.92 Å². The Morgan fingerprint density at radius 1 is 1.37 bits per heavy atom. The highest BCUT2D eigenvalue weighted by Crippen LogP contribution is 2.36. The van der Waals surface area contributed by atoms with Gasteiger partial charge in [0, 0.05) is 11.1 Å². The largest absolute Gasteiger partial charge is 0.461 e. The first kappa shape index (κ1) is 12.4. The molecule has 0 aliphatic heterocycles. The summed E-state index contributed by atoms with van der Waals surface area (Å²) in [4.78, 5) is 8.75. The SMILES string of the molecule is Cc1csc(S[C@@H](C)c2nc(-c3ccco3)no2)n1. The summed E-state index contributed by atoms with van der Waals surface area (Å²) in [5.41, 5.74) is 1.03. The van der Waals surface area contributed by atoms with Gasteiger partial charge >= 0.3 is 0 Å². The van der Waals surface area contributed by atoms with Crippen molar-refractivity contribution in [3.8, 4) is 11.6 Å². The van der Waals surface area contributed by atoms with Gasteiger partial charge in [0.25, 0.3) is 0 Å². The Kier molecular flexibility index (Phi) is 3.39. The van der Waals surface area contributed by atoms with Crippen LogP contribution in [0.25, 0.3) is 11.6 Å². The van der Waals surface area contributed by atoms with E-state index in [9.17, 15) is 0 Å². The summed E-state index contributed by atoms with van der Waals surface area (Å²) < 4.78 is 11.5. The first-order chi connectivity index (χ1) is 9.22. The van der Waals surface area contributed by atoms with E-state index in [4.69, 9.17) is 8.94 Å².